The van der Waals surface area contributed by atoms with E-state index in [0.717, 1.165) is 29.8 Å². The van der Waals surface area contributed by atoms with E-state index in [9.17, 15) is 0 Å². The topological polar surface area (TPSA) is 28.2 Å². The summed E-state index contributed by atoms with van der Waals surface area (Å²) < 4.78 is 1.04. The van der Waals surface area contributed by atoms with E-state index >= 15 is 0 Å². The molecule has 1 aromatic rings. The standard InChI is InChI=1S/C15H24BrN3/c1-11(2)14-8-18-15(3,4)10-19(14)9-13-6-5-12(16)7-17-13/h5-7,11,14,18H,8-10H2,1-4H3. The smallest absolute Gasteiger partial charge is 0.0544 e. The van der Waals surface area contributed by atoms with Crippen LogP contribution >= 0.6 is 15.9 Å². The summed E-state index contributed by atoms with van der Waals surface area (Å²) in [6, 6.07) is 4.76. The minimum absolute atomic E-state index is 0.181. The van der Waals surface area contributed by atoms with Gasteiger partial charge in [-0.25, -0.2) is 0 Å². The first-order valence-electron chi connectivity index (χ1n) is 6.97. The minimum atomic E-state index is 0.181. The first-order valence-corrected chi connectivity index (χ1v) is 7.76. The lowest BCUT2D eigenvalue weighted by Gasteiger charge is -2.46. The van der Waals surface area contributed by atoms with Crippen LogP contribution in [-0.4, -0.2) is 34.6 Å². The lowest BCUT2D eigenvalue weighted by Crippen LogP contribution is -2.62. The molecule has 0 spiro atoms. The molecule has 0 aromatic carbocycles. The lowest BCUT2D eigenvalue weighted by atomic mass is 9.93. The van der Waals surface area contributed by atoms with Gasteiger partial charge in [0, 0.05) is 41.9 Å². The van der Waals surface area contributed by atoms with Crippen molar-refractivity contribution in [2.75, 3.05) is 13.1 Å². The average Bonchev–Trinajstić information content (AvgIpc) is 2.30. The summed E-state index contributed by atoms with van der Waals surface area (Å²) in [5.74, 6) is 0.652. The van der Waals surface area contributed by atoms with Crippen LogP contribution in [0.15, 0.2) is 22.8 Å². The van der Waals surface area contributed by atoms with E-state index < -0.39 is 0 Å². The van der Waals surface area contributed by atoms with Gasteiger partial charge in [0.25, 0.3) is 0 Å². The molecule has 1 saturated heterocycles. The van der Waals surface area contributed by atoms with Gasteiger partial charge in [0.1, 0.15) is 0 Å². The third-order valence-corrected chi connectivity index (χ3v) is 4.25. The highest BCUT2D eigenvalue weighted by molar-refractivity contribution is 9.10. The molecule has 4 heteroatoms. The van der Waals surface area contributed by atoms with Crippen LogP contribution in [0.4, 0.5) is 0 Å². The van der Waals surface area contributed by atoms with Gasteiger partial charge >= 0.3 is 0 Å². The van der Waals surface area contributed by atoms with Crippen molar-refractivity contribution in [3.05, 3.63) is 28.5 Å². The van der Waals surface area contributed by atoms with Gasteiger partial charge < -0.3 is 5.32 Å². The fourth-order valence-electron chi connectivity index (χ4n) is 2.73. The van der Waals surface area contributed by atoms with Crippen LogP contribution in [0.5, 0.6) is 0 Å². The van der Waals surface area contributed by atoms with Crippen molar-refractivity contribution in [3.8, 4) is 0 Å². The fraction of sp³-hybridized carbons (Fsp3) is 0.667. The van der Waals surface area contributed by atoms with Gasteiger partial charge in [-0.2, -0.15) is 0 Å². The molecule has 1 aromatic heterocycles. The summed E-state index contributed by atoms with van der Waals surface area (Å²) in [7, 11) is 0. The summed E-state index contributed by atoms with van der Waals surface area (Å²) in [6.07, 6.45) is 1.88. The minimum Gasteiger partial charge on any atom is -0.309 e. The van der Waals surface area contributed by atoms with Crippen LogP contribution in [0.1, 0.15) is 33.4 Å². The summed E-state index contributed by atoms with van der Waals surface area (Å²) in [4.78, 5) is 7.07. The highest BCUT2D eigenvalue weighted by Gasteiger charge is 2.33. The Bertz CT molecular complexity index is 414. The molecular formula is C15H24BrN3. The monoisotopic (exact) mass is 325 g/mol. The van der Waals surface area contributed by atoms with Crippen LogP contribution < -0.4 is 5.32 Å². The van der Waals surface area contributed by atoms with Gasteiger partial charge in [0.2, 0.25) is 0 Å². The first-order chi connectivity index (χ1) is 8.87. The molecule has 0 saturated carbocycles. The van der Waals surface area contributed by atoms with Gasteiger partial charge in [-0.3, -0.25) is 9.88 Å². The van der Waals surface area contributed by atoms with E-state index in [1.54, 1.807) is 0 Å². The number of rotatable bonds is 3. The SMILES string of the molecule is CC(C)C1CNC(C)(C)CN1Cc1ccc(Br)cn1. The molecule has 2 heterocycles. The number of pyridine rings is 1. The number of hydrogen-bond donors (Lipinski definition) is 1. The number of nitrogens with zero attached hydrogens (tertiary/aromatic N) is 2. The van der Waals surface area contributed by atoms with Gasteiger partial charge in [-0.15, -0.1) is 0 Å². The zero-order chi connectivity index (χ0) is 14.0. The van der Waals surface area contributed by atoms with Crippen LogP contribution in [0.3, 0.4) is 0 Å². The Labute approximate surface area is 124 Å². The van der Waals surface area contributed by atoms with Gasteiger partial charge in [0.15, 0.2) is 0 Å². The second-order valence-electron chi connectivity index (χ2n) is 6.45. The predicted octanol–water partition coefficient (Wildman–Crippen LogP) is 3.05. The molecule has 2 rings (SSSR count). The highest BCUT2D eigenvalue weighted by atomic mass is 79.9. The van der Waals surface area contributed by atoms with Crippen molar-refractivity contribution in [2.45, 2.75) is 45.8 Å². The molecule has 1 unspecified atom stereocenters. The zero-order valence-corrected chi connectivity index (χ0v) is 13.9. The van der Waals surface area contributed by atoms with Crippen LogP contribution in [0.25, 0.3) is 0 Å². The third kappa shape index (κ3) is 4.01. The Morgan fingerprint density at radius 2 is 2.21 bits per heavy atom. The molecule has 3 nitrogen and oxygen atoms in total. The van der Waals surface area contributed by atoms with Crippen molar-refractivity contribution in [1.29, 1.82) is 0 Å². The molecular weight excluding hydrogens is 302 g/mol. The lowest BCUT2D eigenvalue weighted by molar-refractivity contribution is 0.0617. The number of piperazine rings is 1. The number of aromatic nitrogens is 1. The van der Waals surface area contributed by atoms with E-state index in [1.165, 1.54) is 0 Å². The Morgan fingerprint density at radius 3 is 2.79 bits per heavy atom. The summed E-state index contributed by atoms with van der Waals surface area (Å²) in [5.41, 5.74) is 1.33. The Kier molecular flexibility index (Phi) is 4.64. The number of nitrogens with one attached hydrogen (secondary N) is 1. The largest absolute Gasteiger partial charge is 0.309 e. The van der Waals surface area contributed by atoms with Crippen molar-refractivity contribution < 1.29 is 0 Å². The maximum absolute atomic E-state index is 4.50. The maximum Gasteiger partial charge on any atom is 0.0544 e. The zero-order valence-electron chi connectivity index (χ0n) is 12.3. The normalized spacial score (nSPS) is 23.8. The summed E-state index contributed by atoms with van der Waals surface area (Å²) in [6.45, 7) is 12.2. The van der Waals surface area contributed by atoms with Gasteiger partial charge in [-0.05, 0) is 47.8 Å². The van der Waals surface area contributed by atoms with Gasteiger partial charge in [0.05, 0.1) is 5.69 Å². The van der Waals surface area contributed by atoms with Gasteiger partial charge in [-0.1, -0.05) is 13.8 Å². The molecule has 1 atom stereocenters. The predicted molar refractivity (Wildman–Crippen MR) is 83.1 cm³/mol. The molecule has 0 aliphatic carbocycles. The van der Waals surface area contributed by atoms with Crippen LogP contribution in [0.2, 0.25) is 0 Å². The second kappa shape index (κ2) is 5.90. The molecule has 1 N–H and O–H groups in total. The van der Waals surface area contributed by atoms with Crippen molar-refractivity contribution in [2.24, 2.45) is 5.92 Å². The van der Waals surface area contributed by atoms with E-state index in [0.29, 0.717) is 12.0 Å². The highest BCUT2D eigenvalue weighted by Crippen LogP contribution is 2.22. The molecule has 1 aliphatic heterocycles. The molecule has 0 bridgehead atoms. The Morgan fingerprint density at radius 1 is 1.47 bits per heavy atom. The number of halogens is 1. The molecule has 1 fully saturated rings. The Hall–Kier alpha value is -0.450. The Balaban J connectivity index is 2.11. The first kappa shape index (κ1) is 14.9. The second-order valence-corrected chi connectivity index (χ2v) is 7.36. The fourth-order valence-corrected chi connectivity index (χ4v) is 2.96. The van der Waals surface area contributed by atoms with E-state index in [-0.39, 0.29) is 5.54 Å². The molecule has 19 heavy (non-hydrogen) atoms. The maximum atomic E-state index is 4.50. The molecule has 0 amide bonds. The van der Waals surface area contributed by atoms with Crippen LogP contribution in [0, 0.1) is 5.92 Å². The molecule has 0 radical (unpaired) electrons. The quantitative estimate of drug-likeness (QED) is 0.925. The third-order valence-electron chi connectivity index (χ3n) is 3.78. The molecule has 106 valence electrons. The summed E-state index contributed by atoms with van der Waals surface area (Å²) >= 11 is 3.44. The van der Waals surface area contributed by atoms with Crippen molar-refractivity contribution >= 4 is 15.9 Å². The van der Waals surface area contributed by atoms with Crippen molar-refractivity contribution in [3.63, 3.8) is 0 Å². The van der Waals surface area contributed by atoms with E-state index in [1.807, 2.05) is 6.20 Å². The average molecular weight is 326 g/mol. The number of hydrogen-bond acceptors (Lipinski definition) is 3. The summed E-state index contributed by atoms with van der Waals surface area (Å²) in [5, 5.41) is 3.65. The van der Waals surface area contributed by atoms with E-state index in [4.69, 9.17) is 0 Å². The van der Waals surface area contributed by atoms with Crippen molar-refractivity contribution in [1.82, 2.24) is 15.2 Å². The van der Waals surface area contributed by atoms with Crippen LogP contribution in [-0.2, 0) is 6.54 Å². The molecule has 1 aliphatic rings. The van der Waals surface area contributed by atoms with E-state index in [2.05, 4.69) is 71.0 Å².